The molecule has 0 radical (unpaired) electrons. The molecule has 0 aliphatic carbocycles. The van der Waals surface area contributed by atoms with Gasteiger partial charge in [-0.15, -0.1) is 0 Å². The van der Waals surface area contributed by atoms with Crippen LogP contribution in [0.15, 0.2) is 40.1 Å². The van der Waals surface area contributed by atoms with Crippen molar-refractivity contribution in [3.8, 4) is 0 Å². The van der Waals surface area contributed by atoms with Crippen molar-refractivity contribution in [3.05, 3.63) is 41.4 Å². The van der Waals surface area contributed by atoms with Crippen LogP contribution in [0.3, 0.4) is 0 Å². The van der Waals surface area contributed by atoms with Crippen LogP contribution in [0.2, 0.25) is 0 Å². The van der Waals surface area contributed by atoms with Crippen molar-refractivity contribution in [1.29, 1.82) is 0 Å². The van der Waals surface area contributed by atoms with Crippen LogP contribution in [-0.4, -0.2) is 20.1 Å². The number of aromatic amines is 1. The maximum Gasteiger partial charge on any atom is 0.165 e. The summed E-state index contributed by atoms with van der Waals surface area (Å²) < 4.78 is 15.1. The maximum absolute atomic E-state index is 11.1. The second kappa shape index (κ2) is 3.13. The fourth-order valence-corrected chi connectivity index (χ4v) is 2.21. The van der Waals surface area contributed by atoms with Gasteiger partial charge in [-0.05, 0) is 12.1 Å². The lowest BCUT2D eigenvalue weighted by Gasteiger charge is -1.91. The van der Waals surface area contributed by atoms with E-state index in [0.29, 0.717) is 5.71 Å². The average Bonchev–Trinajstić information content (AvgIpc) is 2.83. The van der Waals surface area contributed by atoms with Crippen LogP contribution in [-0.2, 0) is 11.0 Å². The number of benzene rings is 1. The highest BCUT2D eigenvalue weighted by atomic mass is 32.2. The zero-order valence-electron chi connectivity index (χ0n) is 7.68. The number of nitrogens with zero attached hydrogens (tertiary/aromatic N) is 2. The minimum Gasteiger partial charge on any atom is -0.277 e. The number of nitrogens with one attached hydrogen (secondary N) is 1. The zero-order chi connectivity index (χ0) is 10.3. The second-order valence-electron chi connectivity index (χ2n) is 3.17. The van der Waals surface area contributed by atoms with E-state index in [2.05, 4.69) is 14.6 Å². The van der Waals surface area contributed by atoms with Crippen LogP contribution in [0.1, 0.15) is 5.69 Å². The van der Waals surface area contributed by atoms with Gasteiger partial charge in [-0.2, -0.15) is 9.50 Å². The van der Waals surface area contributed by atoms with E-state index in [1.54, 1.807) is 11.5 Å². The van der Waals surface area contributed by atoms with Crippen molar-refractivity contribution < 1.29 is 4.21 Å². The Morgan fingerprint density at radius 3 is 2.93 bits per heavy atom. The van der Waals surface area contributed by atoms with Gasteiger partial charge < -0.3 is 0 Å². The largest absolute Gasteiger partial charge is 0.277 e. The molecule has 1 aromatic carbocycles. The average molecular weight is 217 g/mol. The summed E-state index contributed by atoms with van der Waals surface area (Å²) in [7, 11) is -1.23. The molecule has 0 spiro atoms. The number of hydrogen-bond donors (Lipinski definition) is 1. The van der Waals surface area contributed by atoms with E-state index >= 15 is 0 Å². The van der Waals surface area contributed by atoms with Gasteiger partial charge in [-0.25, -0.2) is 4.21 Å². The Morgan fingerprint density at radius 1 is 1.27 bits per heavy atom. The highest BCUT2D eigenvalue weighted by Crippen LogP contribution is 2.18. The van der Waals surface area contributed by atoms with Crippen molar-refractivity contribution in [2.45, 2.75) is 0 Å². The summed E-state index contributed by atoms with van der Waals surface area (Å²) in [5.74, 6) is 0. The number of hydrogen-bond acceptors (Lipinski definition) is 2. The van der Waals surface area contributed by atoms with Gasteiger partial charge in [0, 0.05) is 10.8 Å². The van der Waals surface area contributed by atoms with Crippen LogP contribution >= 0.6 is 0 Å². The molecular weight excluding hydrogens is 210 g/mol. The number of fused-ring (bicyclic) bond motifs is 1. The summed E-state index contributed by atoms with van der Waals surface area (Å²) in [6, 6.07) is 7.79. The molecule has 1 aliphatic heterocycles. The zero-order valence-corrected chi connectivity index (χ0v) is 8.49. The van der Waals surface area contributed by atoms with Crippen LogP contribution in [0.5, 0.6) is 0 Å². The molecule has 5 heteroatoms. The lowest BCUT2D eigenvalue weighted by atomic mass is 10.1. The quantitative estimate of drug-likeness (QED) is 0.787. The van der Waals surface area contributed by atoms with E-state index in [4.69, 9.17) is 0 Å². The van der Waals surface area contributed by atoms with Gasteiger partial charge in [0.1, 0.15) is 11.4 Å². The molecule has 0 saturated carbocycles. The summed E-state index contributed by atoms with van der Waals surface area (Å²) in [6.07, 6.45) is 1.73. The Kier molecular flexibility index (Phi) is 1.78. The first-order chi connectivity index (χ1) is 7.34. The first-order valence-corrected chi connectivity index (χ1v) is 5.63. The van der Waals surface area contributed by atoms with Crippen LogP contribution < -0.4 is 0 Å². The molecule has 2 aromatic rings. The number of rotatable bonds is 1. The minimum absolute atomic E-state index is 0.672. The monoisotopic (exact) mass is 217 g/mol. The first-order valence-electron chi connectivity index (χ1n) is 4.46. The molecule has 3 rings (SSSR count). The molecule has 1 aromatic heterocycles. The smallest absolute Gasteiger partial charge is 0.165 e. The molecule has 0 amide bonds. The fourth-order valence-electron chi connectivity index (χ4n) is 1.56. The molecule has 0 saturated heterocycles. The van der Waals surface area contributed by atoms with Gasteiger partial charge in [0.05, 0.1) is 5.52 Å². The van der Waals surface area contributed by atoms with Gasteiger partial charge >= 0.3 is 0 Å². The molecule has 1 aliphatic rings. The molecule has 0 bridgehead atoms. The van der Waals surface area contributed by atoms with Gasteiger partial charge in [0.25, 0.3) is 0 Å². The summed E-state index contributed by atoms with van der Waals surface area (Å²) in [5.41, 5.74) is 2.39. The van der Waals surface area contributed by atoms with Gasteiger partial charge in [-0.1, -0.05) is 18.2 Å². The Balaban J connectivity index is 2.24. The predicted molar refractivity (Wildman–Crippen MR) is 59.9 cm³/mol. The van der Waals surface area contributed by atoms with E-state index < -0.39 is 11.0 Å². The molecule has 2 heterocycles. The summed E-state index contributed by atoms with van der Waals surface area (Å²) in [6.45, 7) is 0. The van der Waals surface area contributed by atoms with E-state index in [1.165, 1.54) is 0 Å². The third kappa shape index (κ3) is 1.32. The molecule has 15 heavy (non-hydrogen) atoms. The highest BCUT2D eigenvalue weighted by Gasteiger charge is 2.13. The summed E-state index contributed by atoms with van der Waals surface area (Å²) in [5, 5.41) is 9.64. The minimum atomic E-state index is -1.23. The molecular formula is C10H7N3OS. The molecule has 74 valence electrons. The van der Waals surface area contributed by atoms with Crippen LogP contribution in [0.25, 0.3) is 10.9 Å². The molecule has 4 nitrogen and oxygen atoms in total. The highest BCUT2D eigenvalue weighted by molar-refractivity contribution is 7.87. The summed E-state index contributed by atoms with van der Waals surface area (Å²) >= 11 is 0. The second-order valence-corrected chi connectivity index (χ2v) is 4.18. The lowest BCUT2D eigenvalue weighted by Crippen LogP contribution is -1.95. The Morgan fingerprint density at radius 2 is 2.13 bits per heavy atom. The SMILES string of the molecule is O=S1C=CC(c2n[nH]c3ccccc23)=N1. The first kappa shape index (κ1) is 8.55. The predicted octanol–water partition coefficient (Wildman–Crippen LogP) is 1.54. The van der Waals surface area contributed by atoms with Crippen LogP contribution in [0.4, 0.5) is 0 Å². The van der Waals surface area contributed by atoms with Crippen molar-refractivity contribution in [3.63, 3.8) is 0 Å². The lowest BCUT2D eigenvalue weighted by molar-refractivity contribution is 0.690. The molecule has 0 fully saturated rings. The number of allylic oxidation sites excluding steroid dienone is 1. The maximum atomic E-state index is 11.1. The third-order valence-electron chi connectivity index (χ3n) is 2.24. The topological polar surface area (TPSA) is 58.1 Å². The van der Waals surface area contributed by atoms with Crippen LogP contribution in [0, 0.1) is 0 Å². The molecule has 1 unspecified atom stereocenters. The summed E-state index contributed by atoms with van der Waals surface area (Å²) in [4.78, 5) is 0. The van der Waals surface area contributed by atoms with Gasteiger partial charge in [0.15, 0.2) is 11.0 Å². The van der Waals surface area contributed by atoms with Crippen molar-refractivity contribution in [2.75, 3.05) is 0 Å². The van der Waals surface area contributed by atoms with Gasteiger partial charge in [0.2, 0.25) is 0 Å². The normalized spacial score (nSPS) is 19.7. The van der Waals surface area contributed by atoms with E-state index in [1.807, 2.05) is 24.3 Å². The standard InChI is InChI=1S/C10H7N3OS/c14-15-6-5-9(13-15)10-7-3-1-2-4-8(7)11-12-10/h1-6H,(H,11,12). The van der Waals surface area contributed by atoms with Crippen molar-refractivity contribution in [1.82, 2.24) is 10.2 Å². The Labute approximate surface area is 88.3 Å². The Bertz CT molecular complexity index is 612. The van der Waals surface area contributed by atoms with Crippen molar-refractivity contribution in [2.24, 2.45) is 4.40 Å². The fraction of sp³-hybridized carbons (Fsp3) is 0. The van der Waals surface area contributed by atoms with E-state index in [-0.39, 0.29) is 0 Å². The van der Waals surface area contributed by atoms with E-state index in [9.17, 15) is 4.21 Å². The number of aromatic nitrogens is 2. The molecule has 1 N–H and O–H groups in total. The van der Waals surface area contributed by atoms with E-state index in [0.717, 1.165) is 16.6 Å². The van der Waals surface area contributed by atoms with Gasteiger partial charge in [-0.3, -0.25) is 5.10 Å². The number of H-pyrrole nitrogens is 1. The number of para-hydroxylation sites is 1. The Hall–Kier alpha value is -1.75. The molecule has 1 atom stereocenters. The van der Waals surface area contributed by atoms with Crippen molar-refractivity contribution >= 4 is 27.6 Å². The third-order valence-corrected chi connectivity index (χ3v) is 2.99.